The molecule has 2 N–H and O–H groups in total. The second-order valence-corrected chi connectivity index (χ2v) is 10.5. The fourth-order valence-corrected chi connectivity index (χ4v) is 4.80. The molecular weight excluding hydrogens is 560 g/mol. The van der Waals surface area contributed by atoms with Crippen LogP contribution in [0.1, 0.15) is 31.2 Å². The van der Waals surface area contributed by atoms with E-state index >= 15 is 4.39 Å². The minimum Gasteiger partial charge on any atom is -0.575 e. The van der Waals surface area contributed by atoms with E-state index in [4.69, 9.17) is 18.7 Å². The SMILES string of the molecule is Cc1ccc(O[P+]([O-])=NC(C)C(=O)OCc2ccccc2)cc1OC[C@H]1O[C@@H](n2ccc(=O)[nH]c2=O)[C@](C)(F)[C@@H]1O. The molecule has 6 atom stereocenters. The van der Waals surface area contributed by atoms with E-state index in [-0.39, 0.29) is 24.7 Å². The summed E-state index contributed by atoms with van der Waals surface area (Å²) in [4.78, 5) is 50.2. The number of nitrogens with zero attached hydrogens (tertiary/aromatic N) is 2. The first-order valence-electron chi connectivity index (χ1n) is 12.6. The number of hydrogen-bond donors (Lipinski definition) is 2. The largest absolute Gasteiger partial charge is 0.575 e. The summed E-state index contributed by atoms with van der Waals surface area (Å²) in [5.74, 6) is -0.269. The Balaban J connectivity index is 1.37. The van der Waals surface area contributed by atoms with Crippen molar-refractivity contribution in [3.05, 3.63) is 92.8 Å². The van der Waals surface area contributed by atoms with E-state index in [0.717, 1.165) is 29.3 Å². The van der Waals surface area contributed by atoms with Crippen LogP contribution in [-0.4, -0.2) is 51.2 Å². The van der Waals surface area contributed by atoms with Crippen molar-refractivity contribution >= 4 is 14.1 Å². The first kappa shape index (κ1) is 30.1. The van der Waals surface area contributed by atoms with Gasteiger partial charge in [-0.15, -0.1) is 0 Å². The van der Waals surface area contributed by atoms with Gasteiger partial charge < -0.3 is 24.2 Å². The number of H-pyrrole nitrogens is 1. The minimum absolute atomic E-state index is 0.0547. The lowest BCUT2D eigenvalue weighted by Crippen LogP contribution is -2.43. The van der Waals surface area contributed by atoms with E-state index in [9.17, 15) is 24.4 Å². The average molecular weight is 590 g/mol. The number of halogens is 1. The van der Waals surface area contributed by atoms with Crippen LogP contribution in [0.25, 0.3) is 0 Å². The Hall–Kier alpha value is -3.90. The van der Waals surface area contributed by atoms with Crippen LogP contribution >= 0.6 is 8.17 Å². The molecule has 218 valence electrons. The van der Waals surface area contributed by atoms with E-state index in [2.05, 4.69) is 4.74 Å². The molecule has 4 rings (SSSR count). The molecule has 1 fully saturated rings. The Labute approximate surface area is 234 Å². The molecule has 1 aliphatic rings. The number of ether oxygens (including phenoxy) is 3. The molecule has 2 heterocycles. The van der Waals surface area contributed by atoms with Crippen LogP contribution < -0.4 is 25.4 Å². The van der Waals surface area contributed by atoms with Gasteiger partial charge in [-0.05, 0) is 38.0 Å². The number of aromatic amines is 1. The quantitative estimate of drug-likeness (QED) is 0.267. The van der Waals surface area contributed by atoms with Gasteiger partial charge >= 0.3 is 19.8 Å². The topological polar surface area (TPSA) is 164 Å². The van der Waals surface area contributed by atoms with Crippen molar-refractivity contribution in [1.29, 1.82) is 0 Å². The summed E-state index contributed by atoms with van der Waals surface area (Å²) in [6, 6.07) is 13.7. The number of esters is 1. The summed E-state index contributed by atoms with van der Waals surface area (Å²) in [7, 11) is -2.64. The summed E-state index contributed by atoms with van der Waals surface area (Å²) in [6.07, 6.45) is -3.27. The number of nitrogens with one attached hydrogen (secondary N) is 1. The Morgan fingerprint density at radius 3 is 2.71 bits per heavy atom. The molecule has 2 aromatic carbocycles. The number of alkyl halides is 1. The van der Waals surface area contributed by atoms with Crippen LogP contribution in [0.4, 0.5) is 4.39 Å². The molecule has 12 nitrogen and oxygen atoms in total. The van der Waals surface area contributed by atoms with Crippen LogP contribution in [0.15, 0.2) is 75.1 Å². The van der Waals surface area contributed by atoms with Crippen molar-refractivity contribution in [2.75, 3.05) is 6.61 Å². The van der Waals surface area contributed by atoms with Gasteiger partial charge in [-0.1, -0.05) is 41.1 Å². The number of benzene rings is 2. The second kappa shape index (κ2) is 12.7. The third kappa shape index (κ3) is 7.25. The van der Waals surface area contributed by atoms with Gasteiger partial charge in [0.1, 0.15) is 31.2 Å². The monoisotopic (exact) mass is 589 g/mol. The molecule has 14 heteroatoms. The normalized spacial score (nSPS) is 23.2. The fraction of sp³-hybridized carbons (Fsp3) is 0.370. The molecule has 2 unspecified atom stereocenters. The first-order chi connectivity index (χ1) is 19.5. The Morgan fingerprint density at radius 1 is 1.27 bits per heavy atom. The first-order valence-corrected chi connectivity index (χ1v) is 13.7. The van der Waals surface area contributed by atoms with Gasteiger partial charge in [0.2, 0.25) is 0 Å². The number of carbonyl (C=O) groups excluding carboxylic acids is 1. The predicted octanol–water partition coefficient (Wildman–Crippen LogP) is 2.28. The number of carbonyl (C=O) groups is 1. The molecule has 1 aliphatic heterocycles. The molecule has 0 aliphatic carbocycles. The molecule has 0 spiro atoms. The summed E-state index contributed by atoms with van der Waals surface area (Å²) < 4.78 is 42.1. The lowest BCUT2D eigenvalue weighted by Gasteiger charge is -2.24. The number of aromatic nitrogens is 2. The molecule has 1 saturated heterocycles. The van der Waals surface area contributed by atoms with Crippen molar-refractivity contribution < 1.29 is 37.9 Å². The maximum atomic E-state index is 15.4. The van der Waals surface area contributed by atoms with Crippen molar-refractivity contribution in [3.63, 3.8) is 0 Å². The second-order valence-electron chi connectivity index (χ2n) is 9.59. The Morgan fingerprint density at radius 2 is 2.00 bits per heavy atom. The van der Waals surface area contributed by atoms with Gasteiger partial charge in [-0.2, -0.15) is 0 Å². The highest BCUT2D eigenvalue weighted by Gasteiger charge is 2.55. The van der Waals surface area contributed by atoms with E-state index in [1.165, 1.54) is 19.1 Å². The average Bonchev–Trinajstić information content (AvgIpc) is 3.15. The molecule has 0 saturated carbocycles. The van der Waals surface area contributed by atoms with Crippen LogP contribution in [0.5, 0.6) is 11.5 Å². The molecule has 0 radical (unpaired) electrons. The third-order valence-corrected chi connectivity index (χ3v) is 7.30. The Bertz CT molecular complexity index is 1530. The van der Waals surface area contributed by atoms with Gasteiger partial charge in [-0.25, -0.2) is 14.0 Å². The predicted molar refractivity (Wildman–Crippen MR) is 143 cm³/mol. The molecule has 3 aromatic rings. The summed E-state index contributed by atoms with van der Waals surface area (Å²) in [5, 5.41) is 10.6. The molecular formula is C27H29FN3O9P. The maximum absolute atomic E-state index is 15.4. The number of hydrogen-bond acceptors (Lipinski definition) is 10. The van der Waals surface area contributed by atoms with Gasteiger partial charge in [0.25, 0.3) is 5.56 Å². The zero-order valence-corrected chi connectivity index (χ0v) is 23.3. The van der Waals surface area contributed by atoms with Gasteiger partial charge in [-0.3, -0.25) is 18.9 Å². The zero-order chi connectivity index (χ0) is 29.7. The van der Waals surface area contributed by atoms with Crippen LogP contribution in [0, 0.1) is 6.92 Å². The highest BCUT2D eigenvalue weighted by Crippen LogP contribution is 2.41. The lowest BCUT2D eigenvalue weighted by molar-refractivity contribution is -0.169. The summed E-state index contributed by atoms with van der Waals surface area (Å²) >= 11 is 0. The molecule has 0 bridgehead atoms. The van der Waals surface area contributed by atoms with Crippen molar-refractivity contribution in [1.82, 2.24) is 9.55 Å². The standard InChI is InChI=1S/C27H29FN3O9P/c1-16-9-10-19(40-41(36)30-17(2)24(34)38-14-18-7-5-4-6-8-18)13-20(16)37-15-21-23(33)27(3,28)25(39-21)31-12-11-22(32)29-26(31)35/h4-13,17,21,23,25,33H,14-15H2,1-3H3,(H,29,32,35)/t17?,21-,23-,25-,27-/m1/s1. The number of rotatable bonds is 10. The molecule has 0 amide bonds. The maximum Gasteiger partial charge on any atom is 0.395 e. The van der Waals surface area contributed by atoms with E-state index in [0.29, 0.717) is 5.56 Å². The van der Waals surface area contributed by atoms with Gasteiger partial charge in [0, 0.05) is 18.3 Å². The van der Waals surface area contributed by atoms with Crippen molar-refractivity contribution in [3.8, 4) is 11.5 Å². The highest BCUT2D eigenvalue weighted by molar-refractivity contribution is 7.34. The fourth-order valence-electron chi connectivity index (χ4n) is 4.08. The zero-order valence-electron chi connectivity index (χ0n) is 22.4. The summed E-state index contributed by atoms with van der Waals surface area (Å²) in [6.45, 7) is 3.99. The Kier molecular flexibility index (Phi) is 9.34. The number of aliphatic hydroxyl groups is 1. The minimum atomic E-state index is -2.64. The smallest absolute Gasteiger partial charge is 0.395 e. The van der Waals surface area contributed by atoms with E-state index in [1.54, 1.807) is 25.1 Å². The van der Waals surface area contributed by atoms with Crippen LogP contribution in [0.2, 0.25) is 0 Å². The van der Waals surface area contributed by atoms with Gasteiger partial charge in [0.15, 0.2) is 23.7 Å². The summed E-state index contributed by atoms with van der Waals surface area (Å²) in [5.41, 5.74) is -2.48. The van der Waals surface area contributed by atoms with Gasteiger partial charge in [0.05, 0.1) is 0 Å². The third-order valence-electron chi connectivity index (χ3n) is 6.40. The van der Waals surface area contributed by atoms with E-state index < -0.39 is 55.5 Å². The number of aryl methyl sites for hydroxylation is 1. The molecule has 1 aromatic heterocycles. The number of aliphatic hydroxyl groups excluding tert-OH is 1. The van der Waals surface area contributed by atoms with E-state index in [1.807, 2.05) is 23.2 Å². The van der Waals surface area contributed by atoms with Crippen molar-refractivity contribution in [2.45, 2.75) is 57.5 Å². The van der Waals surface area contributed by atoms with Crippen LogP contribution in [0.3, 0.4) is 0 Å². The molecule has 41 heavy (non-hydrogen) atoms. The lowest BCUT2D eigenvalue weighted by atomic mass is 9.98. The van der Waals surface area contributed by atoms with Crippen molar-refractivity contribution in [2.24, 2.45) is 4.74 Å². The van der Waals surface area contributed by atoms with Crippen LogP contribution in [-0.2, 0) is 20.9 Å². The highest BCUT2D eigenvalue weighted by atomic mass is 31.1.